The number of nitrogens with one attached hydrogen (secondary N) is 2. The van der Waals surface area contributed by atoms with Gasteiger partial charge in [-0.1, -0.05) is 6.92 Å². The number of unbranched alkanes of at least 4 members (excludes halogenated alkanes) is 1. The number of carbonyl (C=O) groups excluding carboxylic acids is 1. The van der Waals surface area contributed by atoms with Crippen molar-refractivity contribution in [3.8, 4) is 0 Å². The van der Waals surface area contributed by atoms with E-state index in [1.165, 1.54) is 6.42 Å². The topological polar surface area (TPSA) is 67.2 Å². The van der Waals surface area contributed by atoms with Gasteiger partial charge in [-0.15, -0.1) is 0 Å². The van der Waals surface area contributed by atoms with Crippen molar-refractivity contribution in [2.75, 3.05) is 26.2 Å². The van der Waals surface area contributed by atoms with Crippen LogP contribution in [0.5, 0.6) is 0 Å². The van der Waals surface area contributed by atoms with Gasteiger partial charge in [0.1, 0.15) is 0 Å². The van der Waals surface area contributed by atoms with Gasteiger partial charge in [0, 0.05) is 6.42 Å². The van der Waals surface area contributed by atoms with Crippen LogP contribution in [0.3, 0.4) is 0 Å². The summed E-state index contributed by atoms with van der Waals surface area (Å²) in [5.41, 5.74) is 5.03. The zero-order valence-electron chi connectivity index (χ0n) is 9.85. The molecule has 0 radical (unpaired) electrons. The average Bonchev–Trinajstić information content (AvgIpc) is 2.20. The molecule has 0 aliphatic heterocycles. The van der Waals surface area contributed by atoms with Crippen molar-refractivity contribution in [2.45, 2.75) is 39.0 Å². The van der Waals surface area contributed by atoms with Gasteiger partial charge in [-0.2, -0.15) is 0 Å². The van der Waals surface area contributed by atoms with Crippen LogP contribution < -0.4 is 16.4 Å². The molecule has 0 saturated carbocycles. The standard InChI is InChI=1S/C11H25N3O/c1-2-7-13-9-5-10-14-8-4-3-6-11(12)15/h13-14H,2-10H2,1H3,(H2,12,15). The smallest absolute Gasteiger partial charge is 0.217 e. The van der Waals surface area contributed by atoms with Crippen molar-refractivity contribution in [3.63, 3.8) is 0 Å². The zero-order valence-corrected chi connectivity index (χ0v) is 9.85. The molecule has 1 amide bonds. The molecule has 0 aliphatic rings. The van der Waals surface area contributed by atoms with Crippen LogP contribution in [0.4, 0.5) is 0 Å². The van der Waals surface area contributed by atoms with E-state index in [0.29, 0.717) is 6.42 Å². The Morgan fingerprint density at radius 3 is 2.20 bits per heavy atom. The Balaban J connectivity index is 2.89. The van der Waals surface area contributed by atoms with Gasteiger partial charge in [0.25, 0.3) is 0 Å². The molecule has 0 aromatic heterocycles. The minimum atomic E-state index is -0.196. The van der Waals surface area contributed by atoms with Gasteiger partial charge in [-0.3, -0.25) is 4.79 Å². The molecule has 0 aliphatic carbocycles. The highest BCUT2D eigenvalue weighted by atomic mass is 16.1. The number of nitrogens with two attached hydrogens (primary N) is 1. The van der Waals surface area contributed by atoms with Crippen molar-refractivity contribution in [3.05, 3.63) is 0 Å². The highest BCUT2D eigenvalue weighted by molar-refractivity contribution is 5.73. The Kier molecular flexibility index (Phi) is 11.0. The lowest BCUT2D eigenvalue weighted by atomic mass is 10.2. The third kappa shape index (κ3) is 13.4. The fraction of sp³-hybridized carbons (Fsp3) is 0.909. The third-order valence-corrected chi connectivity index (χ3v) is 2.16. The zero-order chi connectivity index (χ0) is 11.4. The van der Waals surface area contributed by atoms with Gasteiger partial charge in [0.2, 0.25) is 5.91 Å². The minimum absolute atomic E-state index is 0.196. The second-order valence-corrected chi connectivity index (χ2v) is 3.78. The van der Waals surface area contributed by atoms with E-state index in [2.05, 4.69) is 17.6 Å². The van der Waals surface area contributed by atoms with Crippen molar-refractivity contribution in [2.24, 2.45) is 5.73 Å². The van der Waals surface area contributed by atoms with Gasteiger partial charge >= 0.3 is 0 Å². The summed E-state index contributed by atoms with van der Waals surface area (Å²) < 4.78 is 0. The van der Waals surface area contributed by atoms with Crippen LogP contribution in [0.25, 0.3) is 0 Å². The first-order valence-corrected chi connectivity index (χ1v) is 5.97. The first-order chi connectivity index (χ1) is 7.27. The summed E-state index contributed by atoms with van der Waals surface area (Å²) in [6, 6.07) is 0. The molecular formula is C11H25N3O. The first kappa shape index (κ1) is 14.4. The number of primary amides is 1. The number of rotatable bonds is 11. The van der Waals surface area contributed by atoms with E-state index in [4.69, 9.17) is 5.73 Å². The van der Waals surface area contributed by atoms with Gasteiger partial charge in [-0.05, 0) is 51.9 Å². The Morgan fingerprint density at radius 1 is 1.00 bits per heavy atom. The lowest BCUT2D eigenvalue weighted by Crippen LogP contribution is -2.23. The summed E-state index contributed by atoms with van der Waals surface area (Å²) in [6.07, 6.45) is 4.80. The van der Waals surface area contributed by atoms with Crippen LogP contribution in [0.15, 0.2) is 0 Å². The Bertz CT molecular complexity index is 151. The van der Waals surface area contributed by atoms with Crippen LogP contribution in [0, 0.1) is 0 Å². The maximum Gasteiger partial charge on any atom is 0.217 e. The highest BCUT2D eigenvalue weighted by Gasteiger charge is 1.93. The molecule has 4 heteroatoms. The number of carbonyl (C=O) groups is 1. The van der Waals surface area contributed by atoms with Gasteiger partial charge in [-0.25, -0.2) is 0 Å². The van der Waals surface area contributed by atoms with Gasteiger partial charge in [0.05, 0.1) is 0 Å². The van der Waals surface area contributed by atoms with Crippen LogP contribution in [0.2, 0.25) is 0 Å². The maximum absolute atomic E-state index is 10.4. The highest BCUT2D eigenvalue weighted by Crippen LogP contribution is 1.92. The fourth-order valence-corrected chi connectivity index (χ4v) is 1.31. The Hall–Kier alpha value is -0.610. The SMILES string of the molecule is CCCNCCCNCCCCC(N)=O. The second kappa shape index (κ2) is 11.5. The van der Waals surface area contributed by atoms with Crippen molar-refractivity contribution >= 4 is 5.91 Å². The van der Waals surface area contributed by atoms with E-state index in [1.54, 1.807) is 0 Å². The van der Waals surface area contributed by atoms with E-state index < -0.39 is 0 Å². The predicted molar refractivity (Wildman–Crippen MR) is 63.7 cm³/mol. The summed E-state index contributed by atoms with van der Waals surface area (Å²) in [4.78, 5) is 10.4. The van der Waals surface area contributed by atoms with Gasteiger partial charge in [0.15, 0.2) is 0 Å². The number of amides is 1. The van der Waals surface area contributed by atoms with Crippen molar-refractivity contribution in [1.29, 1.82) is 0 Å². The molecule has 0 heterocycles. The van der Waals surface area contributed by atoms with Gasteiger partial charge < -0.3 is 16.4 Å². The quantitative estimate of drug-likeness (QED) is 0.443. The Morgan fingerprint density at radius 2 is 1.60 bits per heavy atom. The van der Waals surface area contributed by atoms with E-state index >= 15 is 0 Å². The number of hydrogen-bond acceptors (Lipinski definition) is 3. The molecule has 4 N–H and O–H groups in total. The van der Waals surface area contributed by atoms with Crippen LogP contribution in [-0.4, -0.2) is 32.1 Å². The molecule has 15 heavy (non-hydrogen) atoms. The first-order valence-electron chi connectivity index (χ1n) is 5.97. The van der Waals surface area contributed by atoms with Crippen molar-refractivity contribution < 1.29 is 4.79 Å². The molecule has 0 spiro atoms. The van der Waals surface area contributed by atoms with Crippen LogP contribution >= 0.6 is 0 Å². The summed E-state index contributed by atoms with van der Waals surface area (Å²) in [5.74, 6) is -0.196. The normalized spacial score (nSPS) is 10.5. The average molecular weight is 215 g/mol. The number of hydrogen-bond donors (Lipinski definition) is 3. The molecule has 0 aromatic carbocycles. The molecule has 90 valence electrons. The maximum atomic E-state index is 10.4. The minimum Gasteiger partial charge on any atom is -0.370 e. The summed E-state index contributed by atoms with van der Waals surface area (Å²) in [5, 5.41) is 6.69. The molecule has 0 rings (SSSR count). The molecule has 0 unspecified atom stereocenters. The Labute approximate surface area is 93.0 Å². The lowest BCUT2D eigenvalue weighted by Gasteiger charge is -2.05. The van der Waals surface area contributed by atoms with E-state index in [-0.39, 0.29) is 5.91 Å². The van der Waals surface area contributed by atoms with E-state index in [0.717, 1.165) is 45.4 Å². The molecule has 0 bridgehead atoms. The van der Waals surface area contributed by atoms with E-state index in [1.807, 2.05) is 0 Å². The predicted octanol–water partition coefficient (Wildman–Crippen LogP) is 0.621. The summed E-state index contributed by atoms with van der Waals surface area (Å²) in [6.45, 7) is 6.40. The van der Waals surface area contributed by atoms with Crippen LogP contribution in [0.1, 0.15) is 39.0 Å². The summed E-state index contributed by atoms with van der Waals surface area (Å²) >= 11 is 0. The summed E-state index contributed by atoms with van der Waals surface area (Å²) in [7, 11) is 0. The fourth-order valence-electron chi connectivity index (χ4n) is 1.31. The second-order valence-electron chi connectivity index (χ2n) is 3.78. The molecular weight excluding hydrogens is 190 g/mol. The monoisotopic (exact) mass is 215 g/mol. The largest absolute Gasteiger partial charge is 0.370 e. The van der Waals surface area contributed by atoms with Crippen molar-refractivity contribution in [1.82, 2.24) is 10.6 Å². The molecule has 0 aromatic rings. The third-order valence-electron chi connectivity index (χ3n) is 2.16. The molecule has 0 atom stereocenters. The molecule has 4 nitrogen and oxygen atoms in total. The molecule has 0 fully saturated rings. The lowest BCUT2D eigenvalue weighted by molar-refractivity contribution is -0.118. The van der Waals surface area contributed by atoms with E-state index in [9.17, 15) is 4.79 Å². The van der Waals surface area contributed by atoms with Crippen LogP contribution in [-0.2, 0) is 4.79 Å². The molecule has 0 saturated heterocycles.